The van der Waals surface area contributed by atoms with Crippen LogP contribution in [0.5, 0.6) is 0 Å². The Morgan fingerprint density at radius 1 is 0.327 bits per heavy atom. The van der Waals surface area contributed by atoms with Crippen molar-refractivity contribution in [3.05, 3.63) is 176 Å². The first-order valence-electron chi connectivity index (χ1n) is 16.6. The summed E-state index contributed by atoms with van der Waals surface area (Å²) in [7, 11) is 0. The lowest BCUT2D eigenvalue weighted by atomic mass is 10.0. The molecule has 0 aliphatic heterocycles. The van der Waals surface area contributed by atoms with Crippen LogP contribution in [0, 0.1) is 0 Å². The van der Waals surface area contributed by atoms with E-state index in [0.29, 0.717) is 0 Å². The van der Waals surface area contributed by atoms with Gasteiger partial charge in [0.25, 0.3) is 0 Å². The minimum Gasteiger partial charge on any atom is -0.310 e. The second-order valence-electron chi connectivity index (χ2n) is 12.6. The van der Waals surface area contributed by atoms with Gasteiger partial charge in [-0.05, 0) is 93.7 Å². The topological polar surface area (TPSA) is 3.24 Å². The van der Waals surface area contributed by atoms with Gasteiger partial charge in [-0.1, -0.05) is 115 Å². The van der Waals surface area contributed by atoms with Crippen LogP contribution in [-0.2, 0) is 0 Å². The van der Waals surface area contributed by atoms with Gasteiger partial charge in [-0.2, -0.15) is 0 Å². The van der Waals surface area contributed by atoms with Crippen LogP contribution in [0.25, 0.3) is 73.4 Å². The standard InChI is InChI=1S/C46H29NS2/c1-2-9-30(10-3-1)31-17-21-35(22-18-31)47(37-25-26-44-42(29-37)39-13-6-7-16-43(39)48-44)36-23-19-32(20-24-36)38-14-8-15-40-41-27-33-11-4-5-12-34(33)28-45(41)49-46(38)40/h1-29H. The first-order chi connectivity index (χ1) is 24.3. The van der Waals surface area contributed by atoms with Crippen molar-refractivity contribution in [2.45, 2.75) is 0 Å². The minimum atomic E-state index is 1.13. The molecule has 0 bridgehead atoms. The third-order valence-corrected chi connectivity index (χ3v) is 12.0. The molecule has 0 spiro atoms. The maximum atomic E-state index is 2.38. The highest BCUT2D eigenvalue weighted by molar-refractivity contribution is 7.26. The van der Waals surface area contributed by atoms with E-state index in [-0.39, 0.29) is 0 Å². The summed E-state index contributed by atoms with van der Waals surface area (Å²) in [5.41, 5.74) is 8.34. The first-order valence-corrected chi connectivity index (χ1v) is 18.2. The van der Waals surface area contributed by atoms with Gasteiger partial charge in [-0.15, -0.1) is 22.7 Å². The number of thiophene rings is 2. The summed E-state index contributed by atoms with van der Waals surface area (Å²) in [6.07, 6.45) is 0. The number of hydrogen-bond acceptors (Lipinski definition) is 3. The quantitative estimate of drug-likeness (QED) is 0.178. The molecule has 3 heteroatoms. The van der Waals surface area contributed by atoms with Crippen LogP contribution in [0.4, 0.5) is 17.1 Å². The van der Waals surface area contributed by atoms with Gasteiger partial charge < -0.3 is 4.90 Å². The Morgan fingerprint density at radius 3 is 1.71 bits per heavy atom. The molecule has 0 aliphatic carbocycles. The van der Waals surface area contributed by atoms with Crippen LogP contribution in [-0.4, -0.2) is 0 Å². The SMILES string of the molecule is c1ccc(-c2ccc(N(c3ccc(-c4cccc5c4sc4cc6ccccc6cc45)cc3)c3ccc4sc5ccccc5c4c3)cc2)cc1. The maximum Gasteiger partial charge on any atom is 0.0468 e. The average molecular weight is 660 g/mol. The molecule has 0 saturated heterocycles. The molecule has 2 heterocycles. The van der Waals surface area contributed by atoms with Crippen LogP contribution in [0.15, 0.2) is 176 Å². The van der Waals surface area contributed by atoms with Crippen molar-refractivity contribution in [1.82, 2.24) is 0 Å². The number of nitrogens with zero attached hydrogens (tertiary/aromatic N) is 1. The van der Waals surface area contributed by atoms with Crippen LogP contribution < -0.4 is 4.90 Å². The van der Waals surface area contributed by atoms with Gasteiger partial charge in [0.2, 0.25) is 0 Å². The van der Waals surface area contributed by atoms with E-state index in [9.17, 15) is 0 Å². The molecule has 0 saturated carbocycles. The number of fused-ring (bicyclic) bond motifs is 7. The van der Waals surface area contributed by atoms with E-state index in [0.717, 1.165) is 17.1 Å². The summed E-state index contributed by atoms with van der Waals surface area (Å²) in [4.78, 5) is 2.38. The Labute approximate surface area is 292 Å². The van der Waals surface area contributed by atoms with Gasteiger partial charge in [0.05, 0.1) is 0 Å². The molecule has 0 N–H and O–H groups in total. The molecule has 49 heavy (non-hydrogen) atoms. The van der Waals surface area contributed by atoms with E-state index in [1.807, 2.05) is 22.7 Å². The zero-order valence-corrected chi connectivity index (χ0v) is 28.1. The summed E-state index contributed by atoms with van der Waals surface area (Å²) in [5.74, 6) is 0. The predicted octanol–water partition coefficient (Wildman–Crippen LogP) is 14.4. The Hall–Kier alpha value is -5.74. The van der Waals surface area contributed by atoms with Crippen LogP contribution in [0.3, 0.4) is 0 Å². The Bertz CT molecular complexity index is 2810. The molecule has 10 aromatic rings. The molecule has 0 atom stereocenters. The molecule has 10 rings (SSSR count). The average Bonchev–Trinajstić information content (AvgIpc) is 3.72. The summed E-state index contributed by atoms with van der Waals surface area (Å²) in [5, 5.41) is 7.84. The first kappa shape index (κ1) is 28.3. The summed E-state index contributed by atoms with van der Waals surface area (Å²) >= 11 is 3.75. The summed E-state index contributed by atoms with van der Waals surface area (Å²) in [6, 6.07) is 64.4. The third kappa shape index (κ3) is 4.82. The summed E-state index contributed by atoms with van der Waals surface area (Å²) in [6.45, 7) is 0. The fraction of sp³-hybridized carbons (Fsp3) is 0. The fourth-order valence-electron chi connectivity index (χ4n) is 7.23. The van der Waals surface area contributed by atoms with Crippen molar-refractivity contribution in [3.8, 4) is 22.3 Å². The lowest BCUT2D eigenvalue weighted by Gasteiger charge is -2.26. The van der Waals surface area contributed by atoms with Crippen LogP contribution in [0.1, 0.15) is 0 Å². The highest BCUT2D eigenvalue weighted by atomic mass is 32.1. The van der Waals surface area contributed by atoms with E-state index < -0.39 is 0 Å². The zero-order valence-electron chi connectivity index (χ0n) is 26.5. The number of benzene rings is 8. The van der Waals surface area contributed by atoms with Gasteiger partial charge in [0, 0.05) is 57.4 Å². The fourth-order valence-corrected chi connectivity index (χ4v) is 9.59. The van der Waals surface area contributed by atoms with Gasteiger partial charge in [-0.25, -0.2) is 0 Å². The largest absolute Gasteiger partial charge is 0.310 e. The Morgan fingerprint density at radius 2 is 0.918 bits per heavy atom. The molecule has 8 aromatic carbocycles. The van der Waals surface area contributed by atoms with E-state index in [4.69, 9.17) is 0 Å². The smallest absolute Gasteiger partial charge is 0.0468 e. The van der Waals surface area contributed by atoms with Gasteiger partial charge in [-0.3, -0.25) is 0 Å². The van der Waals surface area contributed by atoms with Gasteiger partial charge in [0.1, 0.15) is 0 Å². The van der Waals surface area contributed by atoms with Crippen molar-refractivity contribution < 1.29 is 0 Å². The van der Waals surface area contributed by atoms with Crippen molar-refractivity contribution in [2.24, 2.45) is 0 Å². The highest BCUT2D eigenvalue weighted by Crippen LogP contribution is 2.44. The Kier molecular flexibility index (Phi) is 6.61. The lowest BCUT2D eigenvalue weighted by Crippen LogP contribution is -2.09. The van der Waals surface area contributed by atoms with E-state index in [2.05, 4.69) is 181 Å². The third-order valence-electron chi connectivity index (χ3n) is 9.65. The minimum absolute atomic E-state index is 1.13. The van der Waals surface area contributed by atoms with Gasteiger partial charge >= 0.3 is 0 Å². The molecular weight excluding hydrogens is 631 g/mol. The molecule has 230 valence electrons. The van der Waals surface area contributed by atoms with Gasteiger partial charge in [0.15, 0.2) is 0 Å². The van der Waals surface area contributed by atoms with E-state index >= 15 is 0 Å². The normalized spacial score (nSPS) is 11.7. The molecule has 2 aromatic heterocycles. The van der Waals surface area contributed by atoms with Crippen molar-refractivity contribution >= 4 is 90.9 Å². The van der Waals surface area contributed by atoms with Crippen molar-refractivity contribution in [3.63, 3.8) is 0 Å². The predicted molar refractivity (Wildman–Crippen MR) is 215 cm³/mol. The van der Waals surface area contributed by atoms with E-state index in [1.165, 1.54) is 73.4 Å². The molecular formula is C46H29NS2. The monoisotopic (exact) mass is 659 g/mol. The van der Waals surface area contributed by atoms with Crippen LogP contribution >= 0.6 is 22.7 Å². The molecule has 0 amide bonds. The number of rotatable bonds is 5. The van der Waals surface area contributed by atoms with Crippen molar-refractivity contribution in [2.75, 3.05) is 4.90 Å². The lowest BCUT2D eigenvalue weighted by molar-refractivity contribution is 1.29. The molecule has 0 radical (unpaired) electrons. The number of anilines is 3. The second kappa shape index (κ2) is 11.5. The summed E-state index contributed by atoms with van der Waals surface area (Å²) < 4.78 is 5.30. The zero-order chi connectivity index (χ0) is 32.3. The second-order valence-corrected chi connectivity index (χ2v) is 14.7. The van der Waals surface area contributed by atoms with E-state index in [1.54, 1.807) is 0 Å². The van der Waals surface area contributed by atoms with Crippen LogP contribution in [0.2, 0.25) is 0 Å². The maximum absolute atomic E-state index is 2.38. The molecule has 1 nitrogen and oxygen atoms in total. The molecule has 0 fully saturated rings. The highest BCUT2D eigenvalue weighted by Gasteiger charge is 2.17. The Balaban J connectivity index is 1.09. The molecule has 0 unspecified atom stereocenters. The molecule has 0 aliphatic rings. The van der Waals surface area contributed by atoms with Crippen molar-refractivity contribution in [1.29, 1.82) is 0 Å². The number of hydrogen-bond donors (Lipinski definition) is 0.